The van der Waals surface area contributed by atoms with E-state index in [4.69, 9.17) is 11.6 Å². The van der Waals surface area contributed by atoms with E-state index in [0.29, 0.717) is 5.15 Å². The van der Waals surface area contributed by atoms with Gasteiger partial charge in [-0.3, -0.25) is 4.68 Å². The van der Waals surface area contributed by atoms with Crippen molar-refractivity contribution < 1.29 is 0 Å². The maximum atomic E-state index is 5.87. The van der Waals surface area contributed by atoms with E-state index in [0.717, 1.165) is 21.2 Å². The Labute approximate surface area is 88.8 Å². The quantitative estimate of drug-likeness (QED) is 0.682. The van der Waals surface area contributed by atoms with Gasteiger partial charge in [-0.05, 0) is 28.9 Å². The molecule has 0 fully saturated rings. The summed E-state index contributed by atoms with van der Waals surface area (Å²) in [7, 11) is 1.85. The highest BCUT2D eigenvalue weighted by molar-refractivity contribution is 9.10. The highest BCUT2D eigenvalue weighted by Crippen LogP contribution is 2.26. The van der Waals surface area contributed by atoms with E-state index in [2.05, 4.69) is 26.0 Å². The highest BCUT2D eigenvalue weighted by Gasteiger charge is 2.09. The average Bonchev–Trinajstić information content (AvgIpc) is 2.31. The Morgan fingerprint density at radius 1 is 1.54 bits per heavy atom. The van der Waals surface area contributed by atoms with Crippen LogP contribution >= 0.6 is 27.5 Å². The van der Waals surface area contributed by atoms with Gasteiger partial charge in [-0.2, -0.15) is 5.10 Å². The minimum absolute atomic E-state index is 0.468. The first-order valence-corrected chi connectivity index (χ1v) is 4.92. The molecule has 0 spiro atoms. The predicted molar refractivity (Wildman–Crippen MR) is 56.0 cm³/mol. The molecule has 0 aliphatic carbocycles. The maximum absolute atomic E-state index is 5.87. The third-order valence-electron chi connectivity index (χ3n) is 1.91. The summed E-state index contributed by atoms with van der Waals surface area (Å²) < 4.78 is 2.53. The van der Waals surface area contributed by atoms with Crippen LogP contribution in [0.25, 0.3) is 11.0 Å². The Morgan fingerprint density at radius 2 is 2.23 bits per heavy atom. The smallest absolute Gasteiger partial charge is 0.159 e. The fraction of sp³-hybridized carbons (Fsp3) is 0.250. The van der Waals surface area contributed by atoms with Gasteiger partial charge in [0, 0.05) is 12.4 Å². The molecule has 0 aromatic carbocycles. The van der Waals surface area contributed by atoms with Crippen LogP contribution in [0, 0.1) is 6.92 Å². The summed E-state index contributed by atoms with van der Waals surface area (Å²) in [6.07, 6.45) is 0. The Balaban J connectivity index is 2.91. The maximum Gasteiger partial charge on any atom is 0.159 e. The lowest BCUT2D eigenvalue weighted by atomic mass is 10.3. The summed E-state index contributed by atoms with van der Waals surface area (Å²) in [4.78, 5) is 4.21. The molecule has 0 aliphatic heterocycles. The standard InChI is InChI=1S/C8H7BrClN3/c1-4-5-3-6(9)7(10)11-8(5)13(2)12-4/h3H,1-2H3. The molecular formula is C8H7BrClN3. The van der Waals surface area contributed by atoms with Crippen LogP contribution in [-0.2, 0) is 7.05 Å². The van der Waals surface area contributed by atoms with Crippen molar-refractivity contribution in [1.29, 1.82) is 0 Å². The van der Waals surface area contributed by atoms with Crippen molar-refractivity contribution in [2.45, 2.75) is 6.92 Å². The van der Waals surface area contributed by atoms with Crippen LogP contribution < -0.4 is 0 Å². The van der Waals surface area contributed by atoms with Crippen LogP contribution in [0.2, 0.25) is 5.15 Å². The average molecular weight is 261 g/mol. The number of hydrogen-bond acceptors (Lipinski definition) is 2. The molecule has 0 saturated heterocycles. The lowest BCUT2D eigenvalue weighted by Crippen LogP contribution is -1.92. The highest BCUT2D eigenvalue weighted by atomic mass is 79.9. The number of rotatable bonds is 0. The first-order valence-electron chi connectivity index (χ1n) is 3.75. The SMILES string of the molecule is Cc1nn(C)c2nc(Cl)c(Br)cc12. The van der Waals surface area contributed by atoms with Gasteiger partial charge in [-0.1, -0.05) is 11.6 Å². The molecule has 0 unspecified atom stereocenters. The summed E-state index contributed by atoms with van der Waals surface area (Å²) in [6.45, 7) is 1.95. The van der Waals surface area contributed by atoms with Gasteiger partial charge < -0.3 is 0 Å². The zero-order valence-electron chi connectivity index (χ0n) is 7.17. The van der Waals surface area contributed by atoms with Crippen LogP contribution in [0.15, 0.2) is 10.5 Å². The fourth-order valence-corrected chi connectivity index (χ4v) is 1.75. The topological polar surface area (TPSA) is 30.7 Å². The number of hydrogen-bond donors (Lipinski definition) is 0. The molecule has 5 heteroatoms. The summed E-state index contributed by atoms with van der Waals surface area (Å²) in [5.74, 6) is 0. The molecule has 0 radical (unpaired) electrons. The minimum atomic E-state index is 0.468. The van der Waals surface area contributed by atoms with Crippen LogP contribution in [0.5, 0.6) is 0 Å². The van der Waals surface area contributed by atoms with E-state index in [1.807, 2.05) is 20.0 Å². The normalized spacial score (nSPS) is 11.1. The number of halogens is 2. The second-order valence-electron chi connectivity index (χ2n) is 2.84. The first-order chi connectivity index (χ1) is 6.09. The van der Waals surface area contributed by atoms with Crippen molar-refractivity contribution >= 4 is 38.6 Å². The lowest BCUT2D eigenvalue weighted by Gasteiger charge is -1.96. The number of nitrogens with zero attached hydrogens (tertiary/aromatic N) is 3. The van der Waals surface area contributed by atoms with E-state index >= 15 is 0 Å². The molecule has 0 atom stereocenters. The van der Waals surface area contributed by atoms with Gasteiger partial charge in [-0.25, -0.2) is 4.98 Å². The van der Waals surface area contributed by atoms with E-state index in [1.54, 1.807) is 4.68 Å². The predicted octanol–water partition coefficient (Wildman–Crippen LogP) is 2.69. The monoisotopic (exact) mass is 259 g/mol. The van der Waals surface area contributed by atoms with Crippen LogP contribution in [0.3, 0.4) is 0 Å². The molecule has 13 heavy (non-hydrogen) atoms. The first kappa shape index (κ1) is 8.97. The summed E-state index contributed by atoms with van der Waals surface area (Å²) >= 11 is 9.20. The second-order valence-corrected chi connectivity index (χ2v) is 4.05. The van der Waals surface area contributed by atoms with Crippen molar-refractivity contribution in [3.8, 4) is 0 Å². The van der Waals surface area contributed by atoms with Gasteiger partial charge in [-0.15, -0.1) is 0 Å². The number of aryl methyl sites for hydroxylation is 2. The molecule has 0 aliphatic rings. The molecular weight excluding hydrogens is 253 g/mol. The van der Waals surface area contributed by atoms with Gasteiger partial charge in [0.15, 0.2) is 5.65 Å². The molecule has 68 valence electrons. The third kappa shape index (κ3) is 1.34. The van der Waals surface area contributed by atoms with E-state index < -0.39 is 0 Å². The summed E-state index contributed by atoms with van der Waals surface area (Å²) in [5.41, 5.74) is 1.77. The van der Waals surface area contributed by atoms with Crippen molar-refractivity contribution in [3.05, 3.63) is 21.4 Å². The number of fused-ring (bicyclic) bond motifs is 1. The third-order valence-corrected chi connectivity index (χ3v) is 3.03. The van der Waals surface area contributed by atoms with Gasteiger partial charge in [0.2, 0.25) is 0 Å². The van der Waals surface area contributed by atoms with E-state index in [-0.39, 0.29) is 0 Å². The molecule has 2 aromatic heterocycles. The number of pyridine rings is 1. The fourth-order valence-electron chi connectivity index (χ4n) is 1.30. The van der Waals surface area contributed by atoms with Crippen molar-refractivity contribution in [1.82, 2.24) is 14.8 Å². The molecule has 2 aromatic rings. The van der Waals surface area contributed by atoms with E-state index in [9.17, 15) is 0 Å². The van der Waals surface area contributed by atoms with E-state index in [1.165, 1.54) is 0 Å². The second kappa shape index (κ2) is 2.96. The summed E-state index contributed by atoms with van der Waals surface area (Å²) in [6, 6.07) is 1.94. The Bertz CT molecular complexity index is 436. The zero-order valence-corrected chi connectivity index (χ0v) is 9.52. The van der Waals surface area contributed by atoms with Gasteiger partial charge in [0.05, 0.1) is 10.2 Å². The van der Waals surface area contributed by atoms with Crippen LogP contribution in [0.4, 0.5) is 0 Å². The Hall–Kier alpha value is -0.610. The molecule has 3 nitrogen and oxygen atoms in total. The lowest BCUT2D eigenvalue weighted by molar-refractivity contribution is 0.774. The molecule has 2 heterocycles. The van der Waals surface area contributed by atoms with Gasteiger partial charge >= 0.3 is 0 Å². The molecule has 0 N–H and O–H groups in total. The molecule has 0 saturated carbocycles. The molecule has 2 rings (SSSR count). The summed E-state index contributed by atoms with van der Waals surface area (Å²) in [5, 5.41) is 5.74. The Kier molecular flexibility index (Phi) is 2.04. The van der Waals surface area contributed by atoms with Crippen molar-refractivity contribution in [2.24, 2.45) is 7.05 Å². The Morgan fingerprint density at radius 3 is 2.92 bits per heavy atom. The zero-order chi connectivity index (χ0) is 9.59. The minimum Gasteiger partial charge on any atom is -0.250 e. The van der Waals surface area contributed by atoms with Crippen molar-refractivity contribution in [2.75, 3.05) is 0 Å². The van der Waals surface area contributed by atoms with Crippen LogP contribution in [-0.4, -0.2) is 14.8 Å². The largest absolute Gasteiger partial charge is 0.250 e. The van der Waals surface area contributed by atoms with Crippen LogP contribution in [0.1, 0.15) is 5.69 Å². The molecule has 0 bridgehead atoms. The van der Waals surface area contributed by atoms with Gasteiger partial charge in [0.25, 0.3) is 0 Å². The molecule has 0 amide bonds. The number of aromatic nitrogens is 3. The van der Waals surface area contributed by atoms with Crippen molar-refractivity contribution in [3.63, 3.8) is 0 Å². The van der Waals surface area contributed by atoms with Gasteiger partial charge in [0.1, 0.15) is 5.15 Å².